The Kier molecular flexibility index (Phi) is 8.59. The van der Waals surface area contributed by atoms with Gasteiger partial charge in [-0.15, -0.1) is 0 Å². The maximum Gasteiger partial charge on any atom is 0.223 e. The van der Waals surface area contributed by atoms with E-state index in [0.29, 0.717) is 5.90 Å². The third-order valence-electron chi connectivity index (χ3n) is 7.51. The van der Waals surface area contributed by atoms with Crippen LogP contribution in [0, 0.1) is 23.6 Å². The van der Waals surface area contributed by atoms with Crippen LogP contribution in [0.1, 0.15) is 52.0 Å². The van der Waals surface area contributed by atoms with Crippen molar-refractivity contribution in [3.8, 4) is 0 Å². The van der Waals surface area contributed by atoms with E-state index in [1.165, 1.54) is 31.6 Å². The number of halogens is 1. The molecule has 2 unspecified atom stereocenters. The molecule has 0 bridgehead atoms. The molecule has 0 radical (unpaired) electrons. The number of rotatable bonds is 8. The van der Waals surface area contributed by atoms with Gasteiger partial charge in [-0.2, -0.15) is 0 Å². The summed E-state index contributed by atoms with van der Waals surface area (Å²) in [7, 11) is 0. The fourth-order valence-corrected chi connectivity index (χ4v) is 5.74. The number of hydrogen-bond acceptors (Lipinski definition) is 5. The van der Waals surface area contributed by atoms with Crippen LogP contribution in [0.2, 0.25) is 0 Å². The Labute approximate surface area is 203 Å². The molecule has 3 heterocycles. The third-order valence-corrected chi connectivity index (χ3v) is 7.51. The normalized spacial score (nSPS) is 29.0. The van der Waals surface area contributed by atoms with Gasteiger partial charge < -0.3 is 19.9 Å². The lowest BCUT2D eigenvalue weighted by Crippen LogP contribution is -2.44. The minimum absolute atomic E-state index is 0.00745. The largest absolute Gasteiger partial charge is 0.472 e. The van der Waals surface area contributed by atoms with Gasteiger partial charge in [0.25, 0.3) is 0 Å². The molecule has 0 saturated carbocycles. The first-order valence-electron chi connectivity index (χ1n) is 13.1. The summed E-state index contributed by atoms with van der Waals surface area (Å²) in [6.07, 6.45) is 4.14. The molecule has 0 aliphatic carbocycles. The highest BCUT2D eigenvalue weighted by Gasteiger charge is 2.32. The Bertz CT molecular complexity index is 828. The molecule has 0 aromatic heterocycles. The lowest BCUT2D eigenvalue weighted by Gasteiger charge is -2.35. The van der Waals surface area contributed by atoms with Gasteiger partial charge in [0.15, 0.2) is 0 Å². The van der Waals surface area contributed by atoms with Crippen molar-refractivity contribution in [2.24, 2.45) is 22.7 Å². The first kappa shape index (κ1) is 25.1. The van der Waals surface area contributed by atoms with Gasteiger partial charge in [-0.3, -0.25) is 4.79 Å². The maximum atomic E-state index is 13.2. The van der Waals surface area contributed by atoms with Crippen LogP contribution >= 0.6 is 0 Å². The summed E-state index contributed by atoms with van der Waals surface area (Å²) in [4.78, 5) is 22.4. The number of ether oxygens (including phenoxy) is 1. The minimum atomic E-state index is -0.259. The van der Waals surface area contributed by atoms with Crippen molar-refractivity contribution in [3.63, 3.8) is 0 Å². The highest BCUT2D eigenvalue weighted by Crippen LogP contribution is 2.23. The Morgan fingerprint density at radius 3 is 2.44 bits per heavy atom. The molecular formula is C27H41FN4O2. The number of nitrogens with zero attached hydrogens (tertiary/aromatic N) is 3. The van der Waals surface area contributed by atoms with E-state index in [9.17, 15) is 9.18 Å². The molecule has 4 atom stereocenters. The zero-order valence-corrected chi connectivity index (χ0v) is 21.0. The van der Waals surface area contributed by atoms with Crippen molar-refractivity contribution in [1.29, 1.82) is 0 Å². The van der Waals surface area contributed by atoms with Crippen LogP contribution in [0.5, 0.6) is 0 Å². The smallest absolute Gasteiger partial charge is 0.223 e. The number of aliphatic imine (C=N–C) groups is 1. The Morgan fingerprint density at radius 1 is 1.09 bits per heavy atom. The predicted molar refractivity (Wildman–Crippen MR) is 133 cm³/mol. The molecule has 7 heteroatoms. The fourth-order valence-electron chi connectivity index (χ4n) is 5.74. The first-order chi connectivity index (χ1) is 16.4. The molecule has 3 aliphatic rings. The molecule has 2 fully saturated rings. The topological polar surface area (TPSA) is 57.2 Å². The molecule has 2 saturated heterocycles. The molecule has 1 aromatic rings. The number of amides is 1. The fraction of sp³-hybridized carbons (Fsp3) is 0.704. The number of carbonyl (C=O) groups excluding carboxylic acids is 1. The maximum absolute atomic E-state index is 13.2. The van der Waals surface area contributed by atoms with Crippen LogP contribution in [-0.4, -0.2) is 79.6 Å². The monoisotopic (exact) mass is 472 g/mol. The van der Waals surface area contributed by atoms with Gasteiger partial charge in [-0.25, -0.2) is 9.38 Å². The summed E-state index contributed by atoms with van der Waals surface area (Å²) >= 11 is 0. The van der Waals surface area contributed by atoms with Gasteiger partial charge in [-0.05, 0) is 88.3 Å². The SMILES string of the molecule is CC1OC(c2ccc(F)cc2)=NC1CN1CCC(C(=O)NCCCN2C[C@H](C)C[C@H](C)C2)CC1. The van der Waals surface area contributed by atoms with Crippen molar-refractivity contribution in [2.75, 3.05) is 45.8 Å². The number of hydrogen-bond donors (Lipinski definition) is 1. The summed E-state index contributed by atoms with van der Waals surface area (Å²) in [6, 6.07) is 6.35. The molecule has 0 spiro atoms. The Hall–Kier alpha value is -1.99. The van der Waals surface area contributed by atoms with E-state index < -0.39 is 0 Å². The van der Waals surface area contributed by atoms with E-state index in [4.69, 9.17) is 9.73 Å². The number of benzene rings is 1. The number of carbonyl (C=O) groups is 1. The number of piperidine rings is 2. The van der Waals surface area contributed by atoms with Crippen LogP contribution in [0.15, 0.2) is 29.3 Å². The van der Waals surface area contributed by atoms with Gasteiger partial charge in [-0.1, -0.05) is 13.8 Å². The van der Waals surface area contributed by atoms with E-state index >= 15 is 0 Å². The summed E-state index contributed by atoms with van der Waals surface area (Å²) in [5.74, 6) is 2.23. The lowest BCUT2D eigenvalue weighted by atomic mass is 9.92. The van der Waals surface area contributed by atoms with Crippen LogP contribution in [0.3, 0.4) is 0 Å². The molecule has 1 aromatic carbocycles. The highest BCUT2D eigenvalue weighted by molar-refractivity contribution is 5.95. The van der Waals surface area contributed by atoms with E-state index in [0.717, 1.165) is 69.4 Å². The summed E-state index contributed by atoms with van der Waals surface area (Å²) in [6.45, 7) is 13.6. The van der Waals surface area contributed by atoms with E-state index in [1.807, 2.05) is 6.92 Å². The van der Waals surface area contributed by atoms with Crippen LogP contribution < -0.4 is 5.32 Å². The molecule has 188 valence electrons. The van der Waals surface area contributed by atoms with Gasteiger partial charge >= 0.3 is 0 Å². The highest BCUT2D eigenvalue weighted by atomic mass is 19.1. The minimum Gasteiger partial charge on any atom is -0.472 e. The zero-order chi connectivity index (χ0) is 24.1. The molecular weight excluding hydrogens is 431 g/mol. The standard InChI is InChI=1S/C27H41FN4O2/c1-19-15-20(2)17-32(16-19)12-4-11-29-26(33)22-9-13-31(14-10-22)18-25-21(3)34-27(30-25)23-5-7-24(28)8-6-23/h5-8,19-22,25H,4,9-18H2,1-3H3,(H,29,33)/t19-,20+,21?,25?. The van der Waals surface area contributed by atoms with Gasteiger partial charge in [0.2, 0.25) is 11.8 Å². The lowest BCUT2D eigenvalue weighted by molar-refractivity contribution is -0.126. The number of nitrogens with one attached hydrogen (secondary N) is 1. The Balaban J connectivity index is 1.15. The van der Waals surface area contributed by atoms with Crippen LogP contribution in [-0.2, 0) is 9.53 Å². The molecule has 1 N–H and O–H groups in total. The van der Waals surface area contributed by atoms with Crippen LogP contribution in [0.4, 0.5) is 4.39 Å². The average molecular weight is 473 g/mol. The van der Waals surface area contributed by atoms with Crippen molar-refractivity contribution < 1.29 is 13.9 Å². The second-order valence-electron chi connectivity index (χ2n) is 10.8. The van der Waals surface area contributed by atoms with Crippen molar-refractivity contribution >= 4 is 11.8 Å². The summed E-state index contributed by atoms with van der Waals surface area (Å²) < 4.78 is 19.1. The zero-order valence-electron chi connectivity index (χ0n) is 21.0. The molecule has 6 nitrogen and oxygen atoms in total. The summed E-state index contributed by atoms with van der Waals surface area (Å²) in [5.41, 5.74) is 0.815. The molecule has 4 rings (SSSR count). The van der Waals surface area contributed by atoms with Crippen LogP contribution in [0.25, 0.3) is 0 Å². The van der Waals surface area contributed by atoms with Gasteiger partial charge in [0.1, 0.15) is 18.0 Å². The molecule has 1 amide bonds. The van der Waals surface area contributed by atoms with E-state index in [-0.39, 0.29) is 29.8 Å². The van der Waals surface area contributed by atoms with Gasteiger partial charge in [0.05, 0.1) is 0 Å². The second kappa shape index (κ2) is 11.6. The average Bonchev–Trinajstić information content (AvgIpc) is 3.17. The molecule has 3 aliphatic heterocycles. The van der Waals surface area contributed by atoms with Crippen molar-refractivity contribution in [1.82, 2.24) is 15.1 Å². The van der Waals surface area contributed by atoms with Crippen molar-refractivity contribution in [2.45, 2.75) is 58.6 Å². The second-order valence-corrected chi connectivity index (χ2v) is 10.8. The quantitative estimate of drug-likeness (QED) is 0.588. The first-order valence-corrected chi connectivity index (χ1v) is 13.1. The number of likely N-dealkylation sites (tertiary alicyclic amines) is 2. The predicted octanol–water partition coefficient (Wildman–Crippen LogP) is 3.56. The molecule has 34 heavy (non-hydrogen) atoms. The van der Waals surface area contributed by atoms with E-state index in [2.05, 4.69) is 29.0 Å². The summed E-state index contributed by atoms with van der Waals surface area (Å²) in [5, 5.41) is 3.18. The third kappa shape index (κ3) is 6.79. The Morgan fingerprint density at radius 2 is 1.76 bits per heavy atom. The van der Waals surface area contributed by atoms with E-state index in [1.54, 1.807) is 12.1 Å². The van der Waals surface area contributed by atoms with Gasteiger partial charge in [0, 0.05) is 37.7 Å². The van der Waals surface area contributed by atoms with Crippen molar-refractivity contribution in [3.05, 3.63) is 35.6 Å².